The predicted molar refractivity (Wildman–Crippen MR) is 78.7 cm³/mol. The van der Waals surface area contributed by atoms with Crippen molar-refractivity contribution in [3.8, 4) is 0 Å². The molecule has 0 heterocycles. The standard InChI is InChI=1S/C12H8BrCl2N3/c13-8-1-3-11(4-2-8)16-18-17-12-6-9(14)5-10(15)7-12/h1-7H,(H,16,17). The topological polar surface area (TPSA) is 36.8 Å². The smallest absolute Gasteiger partial charge is 0.0875 e. The second-order valence-electron chi connectivity index (χ2n) is 3.45. The normalized spacial score (nSPS) is 10.8. The highest BCUT2D eigenvalue weighted by molar-refractivity contribution is 9.10. The van der Waals surface area contributed by atoms with Crippen LogP contribution in [0, 0.1) is 0 Å². The number of anilines is 1. The fraction of sp³-hybridized carbons (Fsp3) is 0. The van der Waals surface area contributed by atoms with Crippen molar-refractivity contribution in [2.24, 2.45) is 10.3 Å². The third-order valence-corrected chi connectivity index (χ3v) is 3.00. The molecule has 0 fully saturated rings. The Hall–Kier alpha value is -1.10. The Balaban J connectivity index is 2.04. The van der Waals surface area contributed by atoms with Crippen LogP contribution in [0.1, 0.15) is 0 Å². The highest BCUT2D eigenvalue weighted by Crippen LogP contribution is 2.23. The van der Waals surface area contributed by atoms with Gasteiger partial charge >= 0.3 is 0 Å². The molecule has 0 atom stereocenters. The lowest BCUT2D eigenvalue weighted by Gasteiger charge is -2.00. The maximum Gasteiger partial charge on any atom is 0.0875 e. The molecule has 0 amide bonds. The minimum atomic E-state index is 0.545. The van der Waals surface area contributed by atoms with Crippen molar-refractivity contribution in [2.75, 3.05) is 5.43 Å². The van der Waals surface area contributed by atoms with Crippen LogP contribution in [0.4, 0.5) is 11.4 Å². The molecule has 0 aromatic heterocycles. The first kappa shape index (κ1) is 13.3. The molecular formula is C12H8BrCl2N3. The highest BCUT2D eigenvalue weighted by atomic mass is 79.9. The molecule has 0 saturated heterocycles. The van der Waals surface area contributed by atoms with Crippen LogP contribution in [0.25, 0.3) is 0 Å². The Morgan fingerprint density at radius 1 is 0.944 bits per heavy atom. The fourth-order valence-electron chi connectivity index (χ4n) is 1.27. The maximum atomic E-state index is 5.86. The predicted octanol–water partition coefficient (Wildman–Crippen LogP) is 5.87. The van der Waals surface area contributed by atoms with E-state index in [2.05, 4.69) is 31.7 Å². The Labute approximate surface area is 123 Å². The molecule has 0 aliphatic heterocycles. The van der Waals surface area contributed by atoms with Gasteiger partial charge in [0, 0.05) is 14.5 Å². The minimum absolute atomic E-state index is 0.545. The SMILES string of the molecule is Clc1cc(Cl)cc(NN=Nc2ccc(Br)cc2)c1. The maximum absolute atomic E-state index is 5.86. The number of hydrogen-bond donors (Lipinski definition) is 1. The molecule has 92 valence electrons. The third kappa shape index (κ3) is 3.98. The van der Waals surface area contributed by atoms with Gasteiger partial charge in [-0.05, 0) is 42.5 Å². The van der Waals surface area contributed by atoms with Crippen LogP contribution < -0.4 is 5.43 Å². The Morgan fingerprint density at radius 3 is 2.17 bits per heavy atom. The summed E-state index contributed by atoms with van der Waals surface area (Å²) in [6.07, 6.45) is 0. The molecule has 2 rings (SSSR count). The first-order valence-electron chi connectivity index (χ1n) is 5.02. The Bertz CT molecular complexity index is 550. The lowest BCUT2D eigenvalue weighted by atomic mass is 10.3. The van der Waals surface area contributed by atoms with Gasteiger partial charge in [0.2, 0.25) is 0 Å². The third-order valence-electron chi connectivity index (χ3n) is 2.03. The van der Waals surface area contributed by atoms with E-state index in [1.165, 1.54) is 0 Å². The van der Waals surface area contributed by atoms with Gasteiger partial charge in [-0.1, -0.05) is 44.4 Å². The van der Waals surface area contributed by atoms with Crippen LogP contribution in [0.3, 0.4) is 0 Å². The van der Waals surface area contributed by atoms with E-state index in [9.17, 15) is 0 Å². The first-order chi connectivity index (χ1) is 8.63. The van der Waals surface area contributed by atoms with Crippen LogP contribution >= 0.6 is 39.1 Å². The molecule has 2 aromatic rings. The van der Waals surface area contributed by atoms with Crippen molar-refractivity contribution in [1.82, 2.24) is 0 Å². The molecule has 0 saturated carbocycles. The van der Waals surface area contributed by atoms with E-state index in [1.807, 2.05) is 24.3 Å². The van der Waals surface area contributed by atoms with Crippen LogP contribution in [-0.4, -0.2) is 0 Å². The van der Waals surface area contributed by atoms with Gasteiger partial charge in [0.25, 0.3) is 0 Å². The van der Waals surface area contributed by atoms with E-state index in [1.54, 1.807) is 18.2 Å². The van der Waals surface area contributed by atoms with Crippen LogP contribution in [-0.2, 0) is 0 Å². The molecule has 0 aliphatic rings. The van der Waals surface area contributed by atoms with Crippen molar-refractivity contribution < 1.29 is 0 Å². The van der Waals surface area contributed by atoms with Gasteiger partial charge in [-0.3, -0.25) is 5.43 Å². The summed E-state index contributed by atoms with van der Waals surface area (Å²) in [5.41, 5.74) is 4.20. The monoisotopic (exact) mass is 343 g/mol. The number of benzene rings is 2. The summed E-state index contributed by atoms with van der Waals surface area (Å²) in [6, 6.07) is 12.6. The summed E-state index contributed by atoms with van der Waals surface area (Å²) in [7, 11) is 0. The number of hydrogen-bond acceptors (Lipinski definition) is 2. The number of nitrogens with zero attached hydrogens (tertiary/aromatic N) is 2. The molecule has 18 heavy (non-hydrogen) atoms. The molecule has 3 nitrogen and oxygen atoms in total. The van der Waals surface area contributed by atoms with Crippen molar-refractivity contribution >= 4 is 50.5 Å². The van der Waals surface area contributed by atoms with E-state index >= 15 is 0 Å². The van der Waals surface area contributed by atoms with Crippen LogP contribution in [0.2, 0.25) is 10.0 Å². The highest BCUT2D eigenvalue weighted by Gasteiger charge is 1.96. The molecule has 0 aliphatic carbocycles. The molecule has 0 bridgehead atoms. The summed E-state index contributed by atoms with van der Waals surface area (Å²) in [5.74, 6) is 0. The van der Waals surface area contributed by atoms with Crippen molar-refractivity contribution in [1.29, 1.82) is 0 Å². The number of rotatable bonds is 3. The molecule has 6 heteroatoms. The van der Waals surface area contributed by atoms with Gasteiger partial charge in [-0.2, -0.15) is 0 Å². The van der Waals surface area contributed by atoms with Gasteiger partial charge in [-0.25, -0.2) is 0 Å². The average Bonchev–Trinajstić information content (AvgIpc) is 2.30. The molecule has 2 aromatic carbocycles. The summed E-state index contributed by atoms with van der Waals surface area (Å²) in [6.45, 7) is 0. The second kappa shape index (κ2) is 6.18. The van der Waals surface area contributed by atoms with E-state index in [4.69, 9.17) is 23.2 Å². The van der Waals surface area contributed by atoms with E-state index < -0.39 is 0 Å². The van der Waals surface area contributed by atoms with Gasteiger partial charge in [0.05, 0.1) is 11.4 Å². The van der Waals surface area contributed by atoms with Crippen LogP contribution in [0.5, 0.6) is 0 Å². The van der Waals surface area contributed by atoms with Crippen molar-refractivity contribution in [3.63, 3.8) is 0 Å². The number of halogens is 3. The number of nitrogens with one attached hydrogen (secondary N) is 1. The summed E-state index contributed by atoms with van der Waals surface area (Å²) >= 11 is 15.1. The second-order valence-corrected chi connectivity index (χ2v) is 5.23. The Kier molecular flexibility index (Phi) is 4.58. The molecule has 0 spiro atoms. The lowest BCUT2D eigenvalue weighted by molar-refractivity contribution is 1.13. The summed E-state index contributed by atoms with van der Waals surface area (Å²) < 4.78 is 0.996. The largest absolute Gasteiger partial charge is 0.260 e. The van der Waals surface area contributed by atoms with Gasteiger partial charge in [0.15, 0.2) is 0 Å². The summed E-state index contributed by atoms with van der Waals surface area (Å²) in [5, 5.41) is 8.97. The molecule has 0 radical (unpaired) electrons. The average molecular weight is 345 g/mol. The lowest BCUT2D eigenvalue weighted by Crippen LogP contribution is -1.86. The molecule has 0 unspecified atom stereocenters. The van der Waals surface area contributed by atoms with Crippen molar-refractivity contribution in [3.05, 3.63) is 57.0 Å². The first-order valence-corrected chi connectivity index (χ1v) is 6.57. The van der Waals surface area contributed by atoms with Gasteiger partial charge in [-0.15, -0.1) is 5.11 Å². The van der Waals surface area contributed by atoms with E-state index in [0.717, 1.165) is 10.2 Å². The van der Waals surface area contributed by atoms with Gasteiger partial charge < -0.3 is 0 Å². The Morgan fingerprint density at radius 2 is 1.56 bits per heavy atom. The fourth-order valence-corrected chi connectivity index (χ4v) is 2.06. The van der Waals surface area contributed by atoms with Crippen molar-refractivity contribution in [2.45, 2.75) is 0 Å². The zero-order valence-electron chi connectivity index (χ0n) is 9.07. The van der Waals surface area contributed by atoms with Gasteiger partial charge in [0.1, 0.15) is 0 Å². The van der Waals surface area contributed by atoms with E-state index in [0.29, 0.717) is 15.7 Å². The minimum Gasteiger partial charge on any atom is -0.260 e. The zero-order chi connectivity index (χ0) is 13.0. The van der Waals surface area contributed by atoms with E-state index in [-0.39, 0.29) is 0 Å². The quantitative estimate of drug-likeness (QED) is 0.548. The zero-order valence-corrected chi connectivity index (χ0v) is 12.2. The summed E-state index contributed by atoms with van der Waals surface area (Å²) in [4.78, 5) is 0. The van der Waals surface area contributed by atoms with Crippen LogP contribution in [0.15, 0.2) is 57.3 Å². The molecule has 1 N–H and O–H groups in total. The molecular weight excluding hydrogens is 337 g/mol.